The number of halogens is 1. The molecule has 5 rings (SSSR count). The predicted molar refractivity (Wildman–Crippen MR) is 112 cm³/mol. The van der Waals surface area contributed by atoms with Crippen LogP contribution in [0.15, 0.2) is 60.9 Å². The number of aromatic nitrogens is 2. The third-order valence-electron chi connectivity index (χ3n) is 6.19. The SMILES string of the molecule is COc1cccc(C(=O)N2CCC3(C2)c2cccn2-c2ncccc2N3CCF)c1. The van der Waals surface area contributed by atoms with Crippen molar-refractivity contribution in [1.82, 2.24) is 14.5 Å². The van der Waals surface area contributed by atoms with Crippen molar-refractivity contribution in [1.29, 1.82) is 0 Å². The first kappa shape index (κ1) is 18.7. The van der Waals surface area contributed by atoms with Crippen LogP contribution < -0.4 is 9.64 Å². The van der Waals surface area contributed by atoms with Gasteiger partial charge in [-0.25, -0.2) is 9.37 Å². The average molecular weight is 406 g/mol. The second-order valence-corrected chi connectivity index (χ2v) is 7.69. The zero-order chi connectivity index (χ0) is 20.7. The summed E-state index contributed by atoms with van der Waals surface area (Å²) in [5, 5.41) is 0. The van der Waals surface area contributed by atoms with Crippen molar-refractivity contribution in [3.05, 3.63) is 72.2 Å². The number of fused-ring (bicyclic) bond motifs is 4. The third kappa shape index (κ3) is 2.69. The van der Waals surface area contributed by atoms with Gasteiger partial charge in [-0.15, -0.1) is 0 Å². The molecule has 6 nitrogen and oxygen atoms in total. The zero-order valence-corrected chi connectivity index (χ0v) is 16.8. The summed E-state index contributed by atoms with van der Waals surface area (Å²) >= 11 is 0. The summed E-state index contributed by atoms with van der Waals surface area (Å²) in [6, 6.07) is 15.1. The number of hydrogen-bond acceptors (Lipinski definition) is 4. The number of likely N-dealkylation sites (tertiary alicyclic amines) is 1. The number of ether oxygens (including phenoxy) is 1. The summed E-state index contributed by atoms with van der Waals surface area (Å²) < 4.78 is 21.0. The molecule has 1 atom stereocenters. The number of nitrogens with zero attached hydrogens (tertiary/aromatic N) is 4. The number of carbonyl (C=O) groups excluding carboxylic acids is 1. The Kier molecular flexibility index (Phi) is 4.46. The minimum absolute atomic E-state index is 0.0407. The quantitative estimate of drug-likeness (QED) is 0.666. The maximum absolute atomic E-state index is 13.7. The van der Waals surface area contributed by atoms with Crippen LogP contribution in [0.4, 0.5) is 10.1 Å². The lowest BCUT2D eigenvalue weighted by Crippen LogP contribution is -2.53. The van der Waals surface area contributed by atoms with Gasteiger partial charge in [0.2, 0.25) is 0 Å². The Hall–Kier alpha value is -3.35. The lowest BCUT2D eigenvalue weighted by molar-refractivity contribution is 0.0781. The monoisotopic (exact) mass is 406 g/mol. The summed E-state index contributed by atoms with van der Waals surface area (Å²) in [5.74, 6) is 1.41. The number of carbonyl (C=O) groups is 1. The number of alkyl halides is 1. The molecule has 2 aliphatic heterocycles. The molecule has 7 heteroatoms. The normalized spacial score (nSPS) is 19.7. The van der Waals surface area contributed by atoms with Gasteiger partial charge in [-0.05, 0) is 48.9 Å². The maximum atomic E-state index is 13.7. The van der Waals surface area contributed by atoms with Crippen LogP contribution in [0.3, 0.4) is 0 Å². The van der Waals surface area contributed by atoms with Crippen molar-refractivity contribution < 1.29 is 13.9 Å². The summed E-state index contributed by atoms with van der Waals surface area (Å²) in [4.78, 5) is 21.8. The third-order valence-corrected chi connectivity index (χ3v) is 6.19. The van der Waals surface area contributed by atoms with E-state index in [1.807, 2.05) is 41.4 Å². The molecule has 2 aliphatic rings. The summed E-state index contributed by atoms with van der Waals surface area (Å²) in [7, 11) is 1.59. The van der Waals surface area contributed by atoms with Gasteiger partial charge >= 0.3 is 0 Å². The van der Waals surface area contributed by atoms with Gasteiger partial charge in [0.05, 0.1) is 18.5 Å². The van der Waals surface area contributed by atoms with Crippen LogP contribution in [0.1, 0.15) is 22.5 Å². The van der Waals surface area contributed by atoms with E-state index >= 15 is 0 Å². The first-order valence-electron chi connectivity index (χ1n) is 10.1. The van der Waals surface area contributed by atoms with Crippen molar-refractivity contribution in [2.75, 3.05) is 38.3 Å². The van der Waals surface area contributed by atoms with E-state index in [9.17, 15) is 9.18 Å². The Morgan fingerprint density at radius 1 is 1.23 bits per heavy atom. The molecular formula is C23H23FN4O2. The Morgan fingerprint density at radius 3 is 2.97 bits per heavy atom. The van der Waals surface area contributed by atoms with Gasteiger partial charge in [0.25, 0.3) is 5.91 Å². The van der Waals surface area contributed by atoms with E-state index in [4.69, 9.17) is 4.74 Å². The van der Waals surface area contributed by atoms with E-state index in [1.165, 1.54) is 0 Å². The topological polar surface area (TPSA) is 50.6 Å². The highest BCUT2D eigenvalue weighted by Crippen LogP contribution is 2.47. The molecule has 1 amide bonds. The summed E-state index contributed by atoms with van der Waals surface area (Å²) in [6.07, 6.45) is 4.46. The van der Waals surface area contributed by atoms with Crippen LogP contribution in [0.5, 0.6) is 5.75 Å². The molecule has 0 saturated carbocycles. The number of methoxy groups -OCH3 is 1. The smallest absolute Gasteiger partial charge is 0.254 e. The molecule has 1 saturated heterocycles. The number of amides is 1. The molecule has 0 bridgehead atoms. The minimum Gasteiger partial charge on any atom is -0.497 e. The van der Waals surface area contributed by atoms with Crippen LogP contribution >= 0.6 is 0 Å². The van der Waals surface area contributed by atoms with Gasteiger partial charge in [0, 0.05) is 37.6 Å². The fraction of sp³-hybridized carbons (Fsp3) is 0.304. The van der Waals surface area contributed by atoms with Crippen molar-refractivity contribution in [3.63, 3.8) is 0 Å². The van der Waals surface area contributed by atoms with E-state index in [0.29, 0.717) is 24.4 Å². The molecule has 1 spiro atoms. The van der Waals surface area contributed by atoms with Crippen LogP contribution in [-0.2, 0) is 5.54 Å². The number of hydrogen-bond donors (Lipinski definition) is 0. The first-order chi connectivity index (χ1) is 14.7. The Bertz CT molecular complexity index is 1100. The fourth-order valence-corrected chi connectivity index (χ4v) is 4.85. The van der Waals surface area contributed by atoms with Crippen LogP contribution in [0.25, 0.3) is 5.82 Å². The lowest BCUT2D eigenvalue weighted by atomic mass is 9.89. The highest BCUT2D eigenvalue weighted by Gasteiger charge is 2.50. The molecular weight excluding hydrogens is 383 g/mol. The molecule has 2 aromatic heterocycles. The van der Waals surface area contributed by atoms with Crippen LogP contribution in [0, 0.1) is 0 Å². The fourth-order valence-electron chi connectivity index (χ4n) is 4.85. The van der Waals surface area contributed by atoms with E-state index in [-0.39, 0.29) is 12.5 Å². The molecule has 0 aliphatic carbocycles. The highest BCUT2D eigenvalue weighted by molar-refractivity contribution is 5.95. The number of rotatable bonds is 4. The van der Waals surface area contributed by atoms with Gasteiger partial charge in [-0.2, -0.15) is 0 Å². The number of anilines is 1. The Balaban J connectivity index is 1.54. The molecule has 4 heterocycles. The summed E-state index contributed by atoms with van der Waals surface area (Å²) in [6.45, 7) is 0.868. The van der Waals surface area contributed by atoms with E-state index in [1.54, 1.807) is 25.4 Å². The number of benzene rings is 1. The van der Waals surface area contributed by atoms with E-state index in [0.717, 1.165) is 23.6 Å². The van der Waals surface area contributed by atoms with Crippen molar-refractivity contribution in [3.8, 4) is 11.6 Å². The van der Waals surface area contributed by atoms with Gasteiger partial charge in [-0.1, -0.05) is 6.07 Å². The molecule has 30 heavy (non-hydrogen) atoms. The minimum atomic E-state index is -0.486. The van der Waals surface area contributed by atoms with Gasteiger partial charge < -0.3 is 19.1 Å². The van der Waals surface area contributed by atoms with Gasteiger partial charge in [0.1, 0.15) is 18.0 Å². The van der Waals surface area contributed by atoms with Gasteiger partial charge in [-0.3, -0.25) is 4.79 Å². The second-order valence-electron chi connectivity index (χ2n) is 7.69. The van der Waals surface area contributed by atoms with Gasteiger partial charge in [0.15, 0.2) is 5.82 Å². The molecule has 1 unspecified atom stereocenters. The largest absolute Gasteiger partial charge is 0.497 e. The molecule has 1 fully saturated rings. The first-order valence-corrected chi connectivity index (χ1v) is 10.1. The van der Waals surface area contributed by atoms with Crippen molar-refractivity contribution in [2.45, 2.75) is 12.0 Å². The molecule has 0 radical (unpaired) electrons. The predicted octanol–water partition coefficient (Wildman–Crippen LogP) is 3.41. The lowest BCUT2D eigenvalue weighted by Gasteiger charge is -2.46. The Labute approximate surface area is 174 Å². The summed E-state index contributed by atoms with van der Waals surface area (Å²) in [5.41, 5.74) is 2.05. The molecule has 3 aromatic rings. The molecule has 0 N–H and O–H groups in total. The zero-order valence-electron chi connectivity index (χ0n) is 16.8. The Morgan fingerprint density at radius 2 is 2.13 bits per heavy atom. The highest BCUT2D eigenvalue weighted by atomic mass is 19.1. The molecule has 154 valence electrons. The average Bonchev–Trinajstić information content (AvgIpc) is 3.45. The van der Waals surface area contributed by atoms with Crippen molar-refractivity contribution >= 4 is 11.6 Å². The van der Waals surface area contributed by atoms with Crippen molar-refractivity contribution in [2.24, 2.45) is 0 Å². The second kappa shape index (κ2) is 7.16. The van der Waals surface area contributed by atoms with Crippen LogP contribution in [0.2, 0.25) is 0 Å². The molecule has 1 aromatic carbocycles. The van der Waals surface area contributed by atoms with E-state index in [2.05, 4.69) is 20.5 Å². The van der Waals surface area contributed by atoms with E-state index < -0.39 is 12.2 Å². The van der Waals surface area contributed by atoms with Crippen LogP contribution in [-0.4, -0.2) is 53.8 Å². The maximum Gasteiger partial charge on any atom is 0.254 e. The number of pyridine rings is 1. The standard InChI is InChI=1S/C23H23FN4O2/c1-30-18-6-2-5-17(15-18)22(29)26-13-9-23(16-26)20-8-4-12-27(20)21-19(7-3-11-25-21)28(23)14-10-24/h2-8,11-12,15H,9-10,13-14,16H2,1H3.